The van der Waals surface area contributed by atoms with Crippen molar-refractivity contribution in [3.05, 3.63) is 48.5 Å². The molecule has 1 saturated heterocycles. The highest BCUT2D eigenvalue weighted by atomic mass is 32.2. The molecule has 3 heterocycles. The van der Waals surface area contributed by atoms with E-state index < -0.39 is 102 Å². The highest BCUT2D eigenvalue weighted by Crippen LogP contribution is 2.61. The highest BCUT2D eigenvalue weighted by molar-refractivity contribution is 8.13. The van der Waals surface area contributed by atoms with E-state index in [2.05, 4.69) is 34.4 Å². The summed E-state index contributed by atoms with van der Waals surface area (Å²) in [5.74, 6) is -1.48. The number of amides is 2. The number of aliphatic hydroxyl groups excluding tert-OH is 3. The molecule has 30 heteroatoms. The number of anilines is 1. The summed E-state index contributed by atoms with van der Waals surface area (Å²) in [6, 6.07) is 7.61. The van der Waals surface area contributed by atoms with Crippen molar-refractivity contribution in [3.63, 3.8) is 0 Å². The molecule has 3 aromatic rings. The number of ether oxygens (including phenoxy) is 1. The van der Waals surface area contributed by atoms with Crippen LogP contribution in [0.3, 0.4) is 0 Å². The van der Waals surface area contributed by atoms with E-state index in [1.165, 1.54) is 13.8 Å². The van der Waals surface area contributed by atoms with Gasteiger partial charge in [-0.3, -0.25) is 32.5 Å². The molecule has 0 saturated carbocycles. The van der Waals surface area contributed by atoms with Crippen LogP contribution in [-0.4, -0.2) is 134 Å². The van der Waals surface area contributed by atoms with Crippen LogP contribution >= 0.6 is 35.2 Å². The van der Waals surface area contributed by atoms with Gasteiger partial charge in [-0.15, -0.1) is 0 Å². The average molecular weight is 931 g/mol. The van der Waals surface area contributed by atoms with E-state index in [1.807, 2.05) is 0 Å². The fourth-order valence-electron chi connectivity index (χ4n) is 5.37. The minimum absolute atomic E-state index is 0.0209. The molecule has 4 rings (SSSR count). The molecule has 60 heavy (non-hydrogen) atoms. The lowest BCUT2D eigenvalue weighted by Gasteiger charge is -2.30. The van der Waals surface area contributed by atoms with E-state index in [4.69, 9.17) is 25.3 Å². The van der Waals surface area contributed by atoms with Gasteiger partial charge < -0.3 is 61.7 Å². The lowest BCUT2D eigenvalue weighted by Crippen LogP contribution is -2.46. The molecular formula is C30H45N8O18P3S. The topological polar surface area (TPSA) is 410 Å². The summed E-state index contributed by atoms with van der Waals surface area (Å²) in [6.45, 7) is 0.176. The second-order valence-electron chi connectivity index (χ2n) is 13.6. The second kappa shape index (κ2) is 20.7. The minimum atomic E-state index is -5.59. The van der Waals surface area contributed by atoms with Crippen molar-refractivity contribution in [1.82, 2.24) is 30.2 Å². The van der Waals surface area contributed by atoms with Gasteiger partial charge in [0.05, 0.1) is 25.6 Å². The highest BCUT2D eigenvalue weighted by Gasteiger charge is 2.50. The third-order valence-electron chi connectivity index (χ3n) is 8.51. The molecule has 0 bridgehead atoms. The van der Waals surface area contributed by atoms with E-state index in [-0.39, 0.29) is 42.2 Å². The zero-order valence-electron chi connectivity index (χ0n) is 31.6. The number of fused-ring (bicyclic) bond motifs is 1. The smallest absolute Gasteiger partial charge is 0.386 e. The number of nitrogens with zero attached hydrogens (tertiary/aromatic N) is 4. The third-order valence-corrected chi connectivity index (χ3v) is 12.5. The predicted octanol–water partition coefficient (Wildman–Crippen LogP) is -1.27. The number of hydrogen-bond donors (Lipinski definition) is 11. The molecule has 1 fully saturated rings. The van der Waals surface area contributed by atoms with Crippen LogP contribution in [0.25, 0.3) is 11.2 Å². The first-order chi connectivity index (χ1) is 27.9. The quantitative estimate of drug-likeness (QED) is 0.0413. The van der Waals surface area contributed by atoms with Crippen LogP contribution in [0.2, 0.25) is 0 Å². The number of thioether (sulfide) groups is 1. The predicted molar refractivity (Wildman–Crippen MR) is 206 cm³/mol. The molecule has 1 aliphatic heterocycles. The van der Waals surface area contributed by atoms with Crippen molar-refractivity contribution < 1.29 is 85.6 Å². The minimum Gasteiger partial charge on any atom is -0.386 e. The van der Waals surface area contributed by atoms with Gasteiger partial charge in [-0.2, -0.15) is 4.31 Å². The van der Waals surface area contributed by atoms with E-state index in [0.29, 0.717) is 5.56 Å². The van der Waals surface area contributed by atoms with E-state index >= 15 is 0 Å². The molecule has 0 spiro atoms. The molecule has 1 aliphatic rings. The first kappa shape index (κ1) is 49.4. The molecule has 334 valence electrons. The first-order valence-electron chi connectivity index (χ1n) is 17.5. The standard InChI is InChI=1S/C30H45N8O18P3S/c1-30(2,24(42)27(43)34-9-8-18(39)33-10-11-60-29(44)21(40)19(31)16-6-4-3-5-7-16)13-53-59(50,51)56-58(48,49)52-12-17-23(55-57(45,46)47)22(41)28(54-17)38-15-37-20-25(32)35-14-36-26(20)38/h3-7,14-15,17,19,21-24,28,40-42H,8-13,31H2,1-2H3,(H,33,39)(H,34,43)(H,48,49)(H,50,51)(H2,32,35,36)(H2,45,46,47)/t17?,19-,21-,22?,23?,24+,28?/m0/s1. The van der Waals surface area contributed by atoms with E-state index in [1.54, 1.807) is 30.3 Å². The van der Waals surface area contributed by atoms with Crippen LogP contribution < -0.4 is 22.1 Å². The normalized spacial score (nSPS) is 22.0. The van der Waals surface area contributed by atoms with Gasteiger partial charge in [0.2, 0.25) is 16.9 Å². The first-order valence-corrected chi connectivity index (χ1v) is 23.0. The molecule has 1 aromatic carbocycles. The zero-order chi connectivity index (χ0) is 44.6. The Balaban J connectivity index is 1.20. The number of nitrogens with one attached hydrogen (secondary N) is 2. The van der Waals surface area contributed by atoms with Crippen molar-refractivity contribution in [2.45, 2.75) is 63.1 Å². The molecule has 0 aliphatic carbocycles. The van der Waals surface area contributed by atoms with Crippen LogP contribution in [-0.2, 0) is 50.7 Å². The van der Waals surface area contributed by atoms with Gasteiger partial charge in [-0.05, 0) is 5.56 Å². The summed E-state index contributed by atoms with van der Waals surface area (Å²) in [7, 11) is -16.5. The Morgan fingerprint density at radius 1 is 1.00 bits per heavy atom. The van der Waals surface area contributed by atoms with Crippen molar-refractivity contribution in [3.8, 4) is 0 Å². The number of phosphoric acid groups is 3. The summed E-state index contributed by atoms with van der Waals surface area (Å²) in [4.78, 5) is 88.1. The van der Waals surface area contributed by atoms with E-state index in [0.717, 1.165) is 29.0 Å². The van der Waals surface area contributed by atoms with Gasteiger partial charge in [0, 0.05) is 30.7 Å². The molecule has 9 atom stereocenters. The fraction of sp³-hybridized carbons (Fsp3) is 0.533. The van der Waals surface area contributed by atoms with Crippen molar-refractivity contribution in [2.24, 2.45) is 11.1 Å². The number of hydrogen-bond acceptors (Lipinski definition) is 20. The number of phosphoric ester groups is 3. The molecule has 2 aromatic heterocycles. The Morgan fingerprint density at radius 3 is 2.33 bits per heavy atom. The zero-order valence-corrected chi connectivity index (χ0v) is 35.1. The molecule has 6 unspecified atom stereocenters. The number of aliphatic hydroxyl groups is 3. The maximum atomic E-state index is 12.7. The van der Waals surface area contributed by atoms with Crippen molar-refractivity contribution in [1.29, 1.82) is 0 Å². The van der Waals surface area contributed by atoms with Gasteiger partial charge in [0.25, 0.3) is 0 Å². The number of carbonyl (C=O) groups excluding carboxylic acids is 3. The number of carbonyl (C=O) groups is 3. The molecule has 26 nitrogen and oxygen atoms in total. The number of nitrogen functional groups attached to an aromatic ring is 1. The van der Waals surface area contributed by atoms with Crippen LogP contribution in [0, 0.1) is 5.41 Å². The summed E-state index contributed by atoms with van der Waals surface area (Å²) >= 11 is 0.771. The van der Waals surface area contributed by atoms with Gasteiger partial charge in [0.1, 0.15) is 42.4 Å². The van der Waals surface area contributed by atoms with Crippen LogP contribution in [0.5, 0.6) is 0 Å². The molecule has 0 radical (unpaired) electrons. The second-order valence-corrected chi connectivity index (χ2v) is 19.0. The summed E-state index contributed by atoms with van der Waals surface area (Å²) < 4.78 is 62.2. The van der Waals surface area contributed by atoms with Gasteiger partial charge in [0.15, 0.2) is 17.7 Å². The number of benzene rings is 1. The lowest BCUT2D eigenvalue weighted by molar-refractivity contribution is -0.137. The maximum absolute atomic E-state index is 12.7. The number of rotatable bonds is 22. The Morgan fingerprint density at radius 2 is 1.67 bits per heavy atom. The monoisotopic (exact) mass is 930 g/mol. The SMILES string of the molecule is CC(C)(COP(=O)(O)OP(=O)(O)OCC1OC(n2cnc3c(N)ncnc32)C(O)C1OP(=O)(O)O)[C@H](O)C(=O)NCCC(=O)NCCSC(=O)[C@@H](O)[C@@H](N)c1ccccc1. The van der Waals surface area contributed by atoms with Gasteiger partial charge in [-0.25, -0.2) is 28.6 Å². The Hall–Kier alpha value is -3.30. The third kappa shape index (κ3) is 13.9. The Labute approximate surface area is 344 Å². The van der Waals surface area contributed by atoms with Gasteiger partial charge >= 0.3 is 23.5 Å². The number of aromatic nitrogens is 4. The van der Waals surface area contributed by atoms with Crippen molar-refractivity contribution in [2.75, 3.05) is 37.8 Å². The lowest BCUT2D eigenvalue weighted by atomic mass is 9.87. The van der Waals surface area contributed by atoms with Crippen LogP contribution in [0.4, 0.5) is 5.82 Å². The summed E-state index contributed by atoms with van der Waals surface area (Å²) in [5, 5.41) is 36.0. The Kier molecular flexibility index (Phi) is 17.0. The average Bonchev–Trinajstić information content (AvgIpc) is 3.74. The maximum Gasteiger partial charge on any atom is 0.481 e. The molecule has 13 N–H and O–H groups in total. The molecule has 2 amide bonds. The summed E-state index contributed by atoms with van der Waals surface area (Å²) in [5.41, 5.74) is 10.7. The van der Waals surface area contributed by atoms with Crippen molar-refractivity contribution >= 4 is 69.1 Å². The van der Waals surface area contributed by atoms with Crippen LogP contribution in [0.15, 0.2) is 43.0 Å². The largest absolute Gasteiger partial charge is 0.481 e. The molecular weight excluding hydrogens is 885 g/mol. The van der Waals surface area contributed by atoms with Crippen LogP contribution in [0.1, 0.15) is 38.1 Å². The number of imidazole rings is 1. The van der Waals surface area contributed by atoms with Gasteiger partial charge in [-0.1, -0.05) is 55.9 Å². The fourth-order valence-corrected chi connectivity index (χ4v) is 8.92. The van der Waals surface area contributed by atoms with E-state index in [9.17, 15) is 63.0 Å². The Bertz CT molecular complexity index is 2110. The number of nitrogens with two attached hydrogens (primary N) is 2. The summed E-state index contributed by atoms with van der Waals surface area (Å²) in [6.07, 6.45) is -8.57.